The van der Waals surface area contributed by atoms with Gasteiger partial charge in [0.25, 0.3) is 0 Å². The Labute approximate surface area is 116 Å². The molecule has 0 aliphatic carbocycles. The predicted octanol–water partition coefficient (Wildman–Crippen LogP) is 3.60. The smallest absolute Gasteiger partial charge is 0.306 e. The van der Waals surface area contributed by atoms with Crippen LogP contribution in [0.2, 0.25) is 0 Å². The minimum absolute atomic E-state index is 0.126. The zero-order chi connectivity index (χ0) is 12.8. The first-order chi connectivity index (χ1) is 8.79. The summed E-state index contributed by atoms with van der Waals surface area (Å²) >= 11 is 3.76. The molecule has 0 bridgehead atoms. The molecule has 0 saturated carbocycles. The van der Waals surface area contributed by atoms with Crippen molar-refractivity contribution >= 4 is 29.1 Å². The van der Waals surface area contributed by atoms with E-state index in [4.69, 9.17) is 4.74 Å². The molecule has 2 heterocycles. The van der Waals surface area contributed by atoms with Crippen LogP contribution in [-0.4, -0.2) is 23.3 Å². The number of thiazole rings is 1. The van der Waals surface area contributed by atoms with Gasteiger partial charge in [-0.15, -0.1) is 11.3 Å². The Balaban J connectivity index is 1.83. The van der Waals surface area contributed by atoms with Crippen LogP contribution < -0.4 is 0 Å². The van der Waals surface area contributed by atoms with Crippen LogP contribution in [0.5, 0.6) is 0 Å². The van der Waals surface area contributed by atoms with Crippen molar-refractivity contribution in [3.63, 3.8) is 0 Å². The largest absolute Gasteiger partial charge is 0.466 e. The van der Waals surface area contributed by atoms with E-state index in [-0.39, 0.29) is 5.97 Å². The summed E-state index contributed by atoms with van der Waals surface area (Å²) in [5.41, 5.74) is 1.04. The molecule has 0 N–H and O–H groups in total. The zero-order valence-electron chi connectivity index (χ0n) is 10.7. The monoisotopic (exact) mass is 285 g/mol. The number of aromatic nitrogens is 1. The summed E-state index contributed by atoms with van der Waals surface area (Å²) in [6.45, 7) is 2.29. The van der Waals surface area contributed by atoms with E-state index in [9.17, 15) is 4.79 Å². The van der Waals surface area contributed by atoms with Gasteiger partial charge in [-0.3, -0.25) is 4.79 Å². The lowest BCUT2D eigenvalue weighted by Crippen LogP contribution is -2.05. The van der Waals surface area contributed by atoms with E-state index in [0.29, 0.717) is 24.7 Å². The molecule has 2 rings (SSSR count). The molecule has 5 heteroatoms. The Kier molecular flexibility index (Phi) is 5.50. The number of nitrogens with zero attached hydrogens (tertiary/aromatic N) is 1. The maximum absolute atomic E-state index is 11.3. The number of carbonyl (C=O) groups is 1. The molecule has 1 saturated heterocycles. The average molecular weight is 285 g/mol. The van der Waals surface area contributed by atoms with Crippen molar-refractivity contribution in [3.8, 4) is 0 Å². The van der Waals surface area contributed by atoms with Crippen molar-refractivity contribution in [1.29, 1.82) is 0 Å². The van der Waals surface area contributed by atoms with Crippen molar-refractivity contribution in [2.45, 2.75) is 44.3 Å². The van der Waals surface area contributed by atoms with Gasteiger partial charge in [-0.1, -0.05) is 6.42 Å². The molecule has 100 valence electrons. The van der Waals surface area contributed by atoms with Gasteiger partial charge in [0.15, 0.2) is 0 Å². The maximum Gasteiger partial charge on any atom is 0.306 e. The summed E-state index contributed by atoms with van der Waals surface area (Å²) in [6.07, 6.45) is 5.04. The summed E-state index contributed by atoms with van der Waals surface area (Å²) in [7, 11) is 0. The molecule has 0 radical (unpaired) electrons. The molecule has 1 fully saturated rings. The van der Waals surface area contributed by atoms with Crippen molar-refractivity contribution in [2.75, 3.05) is 12.4 Å². The minimum atomic E-state index is -0.126. The topological polar surface area (TPSA) is 39.2 Å². The van der Waals surface area contributed by atoms with Crippen molar-refractivity contribution in [3.05, 3.63) is 16.1 Å². The van der Waals surface area contributed by atoms with Gasteiger partial charge in [-0.25, -0.2) is 4.98 Å². The van der Waals surface area contributed by atoms with Gasteiger partial charge >= 0.3 is 5.97 Å². The van der Waals surface area contributed by atoms with Crippen LogP contribution in [0.25, 0.3) is 0 Å². The molecule has 1 aliphatic heterocycles. The van der Waals surface area contributed by atoms with E-state index in [0.717, 1.165) is 5.69 Å². The molecule has 0 amide bonds. The molecule has 1 atom stereocenters. The Hall–Kier alpha value is -0.550. The number of hydrogen-bond acceptors (Lipinski definition) is 5. The zero-order valence-corrected chi connectivity index (χ0v) is 12.3. The predicted molar refractivity (Wildman–Crippen MR) is 76.1 cm³/mol. The second kappa shape index (κ2) is 7.14. The molecule has 1 unspecified atom stereocenters. The molecule has 1 aromatic rings. The van der Waals surface area contributed by atoms with Crippen molar-refractivity contribution in [1.82, 2.24) is 4.98 Å². The summed E-state index contributed by atoms with van der Waals surface area (Å²) in [4.78, 5) is 15.9. The third-order valence-electron chi connectivity index (χ3n) is 2.92. The Morgan fingerprint density at radius 1 is 1.56 bits per heavy atom. The standard InChI is InChI=1S/C13H19NO2S2/c1-2-16-12(15)7-6-10-9-18-13(14-10)11-5-3-4-8-17-11/h9,11H,2-8H2,1H3. The number of hydrogen-bond donors (Lipinski definition) is 0. The molecule has 0 aromatic carbocycles. The minimum Gasteiger partial charge on any atom is -0.466 e. The lowest BCUT2D eigenvalue weighted by molar-refractivity contribution is -0.143. The molecule has 0 spiro atoms. The van der Waals surface area contributed by atoms with E-state index in [1.165, 1.54) is 30.0 Å². The third-order valence-corrected chi connectivity index (χ3v) is 5.46. The second-order valence-corrected chi connectivity index (χ2v) is 6.54. The number of carbonyl (C=O) groups excluding carboxylic acids is 1. The fourth-order valence-electron chi connectivity index (χ4n) is 1.98. The van der Waals surface area contributed by atoms with Gasteiger partial charge in [0, 0.05) is 11.8 Å². The van der Waals surface area contributed by atoms with Gasteiger partial charge in [0.05, 0.1) is 24.0 Å². The lowest BCUT2D eigenvalue weighted by atomic mass is 10.2. The van der Waals surface area contributed by atoms with Crippen LogP contribution >= 0.6 is 23.1 Å². The van der Waals surface area contributed by atoms with Gasteiger partial charge in [0.2, 0.25) is 0 Å². The first kappa shape index (κ1) is 13.9. The number of thioether (sulfide) groups is 1. The first-order valence-corrected chi connectivity index (χ1v) is 8.44. The Morgan fingerprint density at radius 2 is 2.44 bits per heavy atom. The molecular formula is C13H19NO2S2. The highest BCUT2D eigenvalue weighted by molar-refractivity contribution is 7.99. The fourth-order valence-corrected chi connectivity index (χ4v) is 4.41. The molecule has 18 heavy (non-hydrogen) atoms. The van der Waals surface area contributed by atoms with Crippen LogP contribution in [0.1, 0.15) is 48.6 Å². The summed E-state index contributed by atoms with van der Waals surface area (Å²) in [5.74, 6) is 1.13. The van der Waals surface area contributed by atoms with E-state index in [2.05, 4.69) is 10.4 Å². The fraction of sp³-hybridized carbons (Fsp3) is 0.692. The average Bonchev–Trinajstić information content (AvgIpc) is 2.87. The summed E-state index contributed by atoms with van der Waals surface area (Å²) in [5, 5.41) is 3.91. The van der Waals surface area contributed by atoms with Gasteiger partial charge in [0.1, 0.15) is 5.01 Å². The van der Waals surface area contributed by atoms with E-state index < -0.39 is 0 Å². The van der Waals surface area contributed by atoms with Gasteiger partial charge in [-0.2, -0.15) is 11.8 Å². The number of aryl methyl sites for hydroxylation is 1. The maximum atomic E-state index is 11.3. The van der Waals surface area contributed by atoms with Crippen molar-refractivity contribution < 1.29 is 9.53 Å². The number of esters is 1. The lowest BCUT2D eigenvalue weighted by Gasteiger charge is -2.18. The molecular weight excluding hydrogens is 266 g/mol. The second-order valence-electron chi connectivity index (χ2n) is 4.34. The van der Waals surface area contributed by atoms with Crippen LogP contribution in [0.3, 0.4) is 0 Å². The normalized spacial score (nSPS) is 19.7. The van der Waals surface area contributed by atoms with Crippen LogP contribution in [0.4, 0.5) is 0 Å². The quantitative estimate of drug-likeness (QED) is 0.775. The van der Waals surface area contributed by atoms with Crippen LogP contribution in [0.15, 0.2) is 5.38 Å². The van der Waals surface area contributed by atoms with Crippen LogP contribution in [-0.2, 0) is 16.0 Å². The van der Waals surface area contributed by atoms with Crippen molar-refractivity contribution in [2.24, 2.45) is 0 Å². The Bertz CT molecular complexity index is 386. The van der Waals surface area contributed by atoms with Crippen LogP contribution in [0, 0.1) is 0 Å². The summed E-state index contributed by atoms with van der Waals surface area (Å²) < 4.78 is 4.92. The third kappa shape index (κ3) is 3.99. The van der Waals surface area contributed by atoms with Gasteiger partial charge < -0.3 is 4.74 Å². The van der Waals surface area contributed by atoms with E-state index in [1.807, 2.05) is 18.7 Å². The van der Waals surface area contributed by atoms with Gasteiger partial charge in [-0.05, 0) is 25.5 Å². The first-order valence-electron chi connectivity index (χ1n) is 6.51. The molecule has 3 nitrogen and oxygen atoms in total. The molecule has 1 aliphatic rings. The SMILES string of the molecule is CCOC(=O)CCc1csc(C2CCCCS2)n1. The highest BCUT2D eigenvalue weighted by Crippen LogP contribution is 2.39. The van der Waals surface area contributed by atoms with E-state index in [1.54, 1.807) is 11.3 Å². The number of rotatable bonds is 5. The highest BCUT2D eigenvalue weighted by atomic mass is 32.2. The Morgan fingerprint density at radius 3 is 3.17 bits per heavy atom. The van der Waals surface area contributed by atoms with E-state index >= 15 is 0 Å². The molecule has 1 aromatic heterocycles. The number of ether oxygens (including phenoxy) is 1. The summed E-state index contributed by atoms with van der Waals surface area (Å²) in [6, 6.07) is 0. The highest BCUT2D eigenvalue weighted by Gasteiger charge is 2.19.